The number of aromatic hydroxyl groups is 1. The van der Waals surface area contributed by atoms with Crippen LogP contribution in [0, 0.1) is 0 Å². The van der Waals surface area contributed by atoms with E-state index in [1.54, 1.807) is 12.3 Å². The van der Waals surface area contributed by atoms with Crippen LogP contribution in [0.15, 0.2) is 47.1 Å². The average molecular weight is 245 g/mol. The molecule has 0 aliphatic carbocycles. The molecule has 0 aliphatic heterocycles. The predicted molar refractivity (Wildman–Crippen MR) is 71.4 cm³/mol. The van der Waals surface area contributed by atoms with E-state index in [9.17, 15) is 5.11 Å². The van der Waals surface area contributed by atoms with Gasteiger partial charge in [-0.1, -0.05) is 12.1 Å². The highest BCUT2D eigenvalue weighted by Gasteiger charge is 2.11. The molecule has 1 atom stereocenters. The summed E-state index contributed by atoms with van der Waals surface area (Å²) in [7, 11) is 2.08. The van der Waals surface area contributed by atoms with Crippen LogP contribution in [0.5, 0.6) is 5.75 Å². The summed E-state index contributed by atoms with van der Waals surface area (Å²) >= 11 is 0. The molecule has 0 amide bonds. The van der Waals surface area contributed by atoms with Gasteiger partial charge in [0.1, 0.15) is 11.5 Å². The SMILES string of the molecule is CC(Cc1cccc(O)c1)N(C)Cc1ccco1. The van der Waals surface area contributed by atoms with Crippen molar-refractivity contribution >= 4 is 0 Å². The third-order valence-corrected chi connectivity index (χ3v) is 3.18. The van der Waals surface area contributed by atoms with E-state index in [0.717, 1.165) is 24.3 Å². The van der Waals surface area contributed by atoms with Crippen molar-refractivity contribution in [3.63, 3.8) is 0 Å². The van der Waals surface area contributed by atoms with Crippen molar-refractivity contribution in [2.24, 2.45) is 0 Å². The van der Waals surface area contributed by atoms with Gasteiger partial charge >= 0.3 is 0 Å². The van der Waals surface area contributed by atoms with Gasteiger partial charge in [0.05, 0.1) is 12.8 Å². The number of benzene rings is 1. The highest BCUT2D eigenvalue weighted by atomic mass is 16.3. The van der Waals surface area contributed by atoms with Gasteiger partial charge in [-0.15, -0.1) is 0 Å². The Morgan fingerprint density at radius 3 is 2.78 bits per heavy atom. The Morgan fingerprint density at radius 1 is 1.28 bits per heavy atom. The van der Waals surface area contributed by atoms with E-state index in [0.29, 0.717) is 11.8 Å². The fourth-order valence-corrected chi connectivity index (χ4v) is 1.98. The lowest BCUT2D eigenvalue weighted by Crippen LogP contribution is -2.30. The van der Waals surface area contributed by atoms with Gasteiger partial charge < -0.3 is 9.52 Å². The second kappa shape index (κ2) is 5.74. The van der Waals surface area contributed by atoms with E-state index in [1.807, 2.05) is 30.3 Å². The normalized spacial score (nSPS) is 12.8. The third-order valence-electron chi connectivity index (χ3n) is 3.18. The molecule has 3 nitrogen and oxygen atoms in total. The number of phenols is 1. The lowest BCUT2D eigenvalue weighted by Gasteiger charge is -2.23. The largest absolute Gasteiger partial charge is 0.508 e. The second-order valence-corrected chi connectivity index (χ2v) is 4.72. The Balaban J connectivity index is 1.93. The summed E-state index contributed by atoms with van der Waals surface area (Å²) in [5.41, 5.74) is 1.15. The average Bonchev–Trinajstić information content (AvgIpc) is 2.81. The van der Waals surface area contributed by atoms with Crippen molar-refractivity contribution in [1.82, 2.24) is 4.90 Å². The lowest BCUT2D eigenvalue weighted by molar-refractivity contribution is 0.228. The van der Waals surface area contributed by atoms with E-state index < -0.39 is 0 Å². The molecule has 0 saturated heterocycles. The summed E-state index contributed by atoms with van der Waals surface area (Å²) in [5.74, 6) is 1.30. The molecule has 0 bridgehead atoms. The van der Waals surface area contributed by atoms with Crippen LogP contribution in [0.4, 0.5) is 0 Å². The summed E-state index contributed by atoms with van der Waals surface area (Å²) in [6.07, 6.45) is 2.61. The molecular weight excluding hydrogens is 226 g/mol. The number of rotatable bonds is 5. The maximum Gasteiger partial charge on any atom is 0.117 e. The Bertz CT molecular complexity index is 479. The quantitative estimate of drug-likeness (QED) is 0.879. The van der Waals surface area contributed by atoms with Gasteiger partial charge in [-0.3, -0.25) is 4.90 Å². The van der Waals surface area contributed by atoms with Crippen LogP contribution in [-0.2, 0) is 13.0 Å². The van der Waals surface area contributed by atoms with E-state index in [4.69, 9.17) is 4.42 Å². The monoisotopic (exact) mass is 245 g/mol. The van der Waals surface area contributed by atoms with Gasteiger partial charge in [0.15, 0.2) is 0 Å². The van der Waals surface area contributed by atoms with Crippen LogP contribution in [0.1, 0.15) is 18.2 Å². The standard InChI is InChI=1S/C15H19NO2/c1-12(9-13-5-3-6-14(17)10-13)16(2)11-15-7-4-8-18-15/h3-8,10,12,17H,9,11H2,1-2H3. The Labute approximate surface area is 108 Å². The minimum Gasteiger partial charge on any atom is -0.508 e. The van der Waals surface area contributed by atoms with Gasteiger partial charge in [0.2, 0.25) is 0 Å². The summed E-state index contributed by atoms with van der Waals surface area (Å²) in [5, 5.41) is 9.44. The number of likely N-dealkylation sites (N-methyl/N-ethyl adjacent to an activating group) is 1. The fourth-order valence-electron chi connectivity index (χ4n) is 1.98. The minimum absolute atomic E-state index is 0.327. The Hall–Kier alpha value is -1.74. The van der Waals surface area contributed by atoms with Gasteiger partial charge in [-0.05, 0) is 50.2 Å². The molecule has 1 N–H and O–H groups in total. The lowest BCUT2D eigenvalue weighted by atomic mass is 10.1. The summed E-state index contributed by atoms with van der Waals surface area (Å²) < 4.78 is 5.34. The molecule has 0 spiro atoms. The smallest absolute Gasteiger partial charge is 0.117 e. The molecule has 3 heteroatoms. The Kier molecular flexibility index (Phi) is 4.05. The van der Waals surface area contributed by atoms with Gasteiger partial charge in [-0.25, -0.2) is 0 Å². The molecule has 1 aromatic heterocycles. The molecule has 0 radical (unpaired) electrons. The first-order chi connectivity index (χ1) is 8.65. The molecular formula is C15H19NO2. The van der Waals surface area contributed by atoms with E-state index in [1.165, 1.54) is 0 Å². The zero-order valence-electron chi connectivity index (χ0n) is 10.8. The van der Waals surface area contributed by atoms with Crippen LogP contribution in [0.25, 0.3) is 0 Å². The molecule has 1 heterocycles. The third kappa shape index (κ3) is 3.37. The van der Waals surface area contributed by atoms with E-state index in [2.05, 4.69) is 18.9 Å². The molecule has 18 heavy (non-hydrogen) atoms. The molecule has 1 unspecified atom stereocenters. The Morgan fingerprint density at radius 2 is 2.11 bits per heavy atom. The summed E-state index contributed by atoms with van der Waals surface area (Å²) in [4.78, 5) is 2.24. The van der Waals surface area contributed by atoms with Crippen LogP contribution in [0.3, 0.4) is 0 Å². The minimum atomic E-state index is 0.327. The highest BCUT2D eigenvalue weighted by molar-refractivity contribution is 5.27. The van der Waals surface area contributed by atoms with Crippen molar-refractivity contribution < 1.29 is 9.52 Å². The van der Waals surface area contributed by atoms with Crippen LogP contribution < -0.4 is 0 Å². The van der Waals surface area contributed by atoms with Crippen molar-refractivity contribution in [2.75, 3.05) is 7.05 Å². The van der Waals surface area contributed by atoms with Crippen molar-refractivity contribution in [2.45, 2.75) is 25.9 Å². The van der Waals surface area contributed by atoms with E-state index in [-0.39, 0.29) is 0 Å². The number of hydrogen-bond donors (Lipinski definition) is 1. The van der Waals surface area contributed by atoms with Crippen molar-refractivity contribution in [3.05, 3.63) is 54.0 Å². The summed E-state index contributed by atoms with van der Waals surface area (Å²) in [6.45, 7) is 2.97. The number of furan rings is 1. The molecule has 0 fully saturated rings. The van der Waals surface area contributed by atoms with Crippen molar-refractivity contribution in [3.8, 4) is 5.75 Å². The summed E-state index contributed by atoms with van der Waals surface area (Å²) in [6, 6.07) is 11.7. The number of hydrogen-bond acceptors (Lipinski definition) is 3. The predicted octanol–water partition coefficient (Wildman–Crippen LogP) is 3.05. The number of phenolic OH excluding ortho intramolecular Hbond substituents is 1. The first-order valence-corrected chi connectivity index (χ1v) is 6.15. The van der Waals surface area contributed by atoms with Crippen LogP contribution >= 0.6 is 0 Å². The van der Waals surface area contributed by atoms with Gasteiger partial charge in [0.25, 0.3) is 0 Å². The van der Waals surface area contributed by atoms with Gasteiger partial charge in [-0.2, -0.15) is 0 Å². The first kappa shape index (κ1) is 12.7. The molecule has 0 saturated carbocycles. The van der Waals surface area contributed by atoms with Crippen LogP contribution in [-0.4, -0.2) is 23.1 Å². The second-order valence-electron chi connectivity index (χ2n) is 4.72. The highest BCUT2D eigenvalue weighted by Crippen LogP contribution is 2.15. The van der Waals surface area contributed by atoms with Crippen LogP contribution in [0.2, 0.25) is 0 Å². The zero-order valence-corrected chi connectivity index (χ0v) is 10.8. The zero-order chi connectivity index (χ0) is 13.0. The number of nitrogens with zero attached hydrogens (tertiary/aromatic N) is 1. The van der Waals surface area contributed by atoms with Crippen molar-refractivity contribution in [1.29, 1.82) is 0 Å². The maximum absolute atomic E-state index is 9.44. The molecule has 2 rings (SSSR count). The topological polar surface area (TPSA) is 36.6 Å². The fraction of sp³-hybridized carbons (Fsp3) is 0.333. The molecule has 0 aliphatic rings. The van der Waals surface area contributed by atoms with E-state index >= 15 is 0 Å². The first-order valence-electron chi connectivity index (χ1n) is 6.15. The molecule has 2 aromatic rings. The molecule has 96 valence electrons. The molecule has 1 aromatic carbocycles. The maximum atomic E-state index is 9.44. The van der Waals surface area contributed by atoms with Gasteiger partial charge in [0, 0.05) is 6.04 Å².